The number of nitro benzene ring substituents is 1. The molecule has 9 nitrogen and oxygen atoms in total. The van der Waals surface area contributed by atoms with Crippen molar-refractivity contribution in [2.75, 3.05) is 17.9 Å². The third-order valence-electron chi connectivity index (χ3n) is 4.62. The van der Waals surface area contributed by atoms with Crippen molar-refractivity contribution in [2.24, 2.45) is 0 Å². The number of carbonyl (C=O) groups is 1. The van der Waals surface area contributed by atoms with Crippen LogP contribution < -0.4 is 10.0 Å². The van der Waals surface area contributed by atoms with Gasteiger partial charge in [-0.2, -0.15) is 0 Å². The highest BCUT2D eigenvalue weighted by Crippen LogP contribution is 2.25. The summed E-state index contributed by atoms with van der Waals surface area (Å²) >= 11 is 0. The second-order valence-electron chi connectivity index (χ2n) is 6.70. The summed E-state index contributed by atoms with van der Waals surface area (Å²) in [7, 11) is -4.13. The standard InChI is InChI=1S/C19H21N3O6S/c1-13-8-9-15(11-18(13)22(24)25)29(26,27)21-17-7-3-2-6-16(17)19(23)20-12-14-5-4-10-28-14/h2-3,6-9,11,14,21H,4-5,10,12H2,1H3,(H,20,23)/t14-/m1/s1. The minimum Gasteiger partial charge on any atom is -0.376 e. The molecule has 3 rings (SSSR count). The zero-order valence-corrected chi connectivity index (χ0v) is 16.6. The van der Waals surface area contributed by atoms with Gasteiger partial charge in [-0.1, -0.05) is 18.2 Å². The number of sulfonamides is 1. The molecule has 0 aromatic heterocycles. The molecule has 1 saturated heterocycles. The van der Waals surface area contributed by atoms with Gasteiger partial charge in [0.15, 0.2) is 0 Å². The highest BCUT2D eigenvalue weighted by Gasteiger charge is 2.23. The average molecular weight is 419 g/mol. The van der Waals surface area contributed by atoms with Crippen LogP contribution in [0.2, 0.25) is 0 Å². The van der Waals surface area contributed by atoms with Crippen molar-refractivity contribution in [1.82, 2.24) is 5.32 Å². The van der Waals surface area contributed by atoms with Gasteiger partial charge >= 0.3 is 0 Å². The molecule has 10 heteroatoms. The summed E-state index contributed by atoms with van der Waals surface area (Å²) in [6, 6.07) is 9.82. The summed E-state index contributed by atoms with van der Waals surface area (Å²) in [6.07, 6.45) is 1.76. The number of nitrogens with one attached hydrogen (secondary N) is 2. The van der Waals surface area contributed by atoms with Crippen molar-refractivity contribution in [3.05, 3.63) is 63.7 Å². The maximum absolute atomic E-state index is 12.7. The molecule has 0 aliphatic carbocycles. The molecule has 1 aliphatic rings. The van der Waals surface area contributed by atoms with Crippen LogP contribution in [-0.2, 0) is 14.8 Å². The van der Waals surface area contributed by atoms with Gasteiger partial charge in [0, 0.05) is 24.8 Å². The number of carbonyl (C=O) groups excluding carboxylic acids is 1. The third kappa shape index (κ3) is 4.90. The Hall–Kier alpha value is -2.98. The smallest absolute Gasteiger partial charge is 0.273 e. The molecular weight excluding hydrogens is 398 g/mol. The SMILES string of the molecule is Cc1ccc(S(=O)(=O)Nc2ccccc2C(=O)NC[C@H]2CCCO2)cc1[N+](=O)[O-]. The van der Waals surface area contributed by atoms with Crippen molar-refractivity contribution >= 4 is 27.3 Å². The summed E-state index contributed by atoms with van der Waals surface area (Å²) in [6.45, 7) is 2.53. The van der Waals surface area contributed by atoms with Crippen LogP contribution in [0.5, 0.6) is 0 Å². The highest BCUT2D eigenvalue weighted by molar-refractivity contribution is 7.92. The van der Waals surface area contributed by atoms with Gasteiger partial charge in [-0.25, -0.2) is 8.42 Å². The third-order valence-corrected chi connectivity index (χ3v) is 5.98. The number of hydrogen-bond donors (Lipinski definition) is 2. The lowest BCUT2D eigenvalue weighted by molar-refractivity contribution is -0.385. The van der Waals surface area contributed by atoms with Gasteiger partial charge in [-0.05, 0) is 38.0 Å². The largest absolute Gasteiger partial charge is 0.376 e. The second kappa shape index (κ2) is 8.58. The van der Waals surface area contributed by atoms with Crippen molar-refractivity contribution < 1.29 is 22.9 Å². The molecule has 2 aromatic carbocycles. The fourth-order valence-corrected chi connectivity index (χ4v) is 4.13. The van der Waals surface area contributed by atoms with E-state index in [0.29, 0.717) is 18.7 Å². The van der Waals surface area contributed by atoms with Crippen LogP contribution in [0.3, 0.4) is 0 Å². The molecular formula is C19H21N3O6S. The lowest BCUT2D eigenvalue weighted by Crippen LogP contribution is -2.32. The molecule has 0 spiro atoms. The van der Waals surface area contributed by atoms with E-state index in [1.54, 1.807) is 12.1 Å². The summed E-state index contributed by atoms with van der Waals surface area (Å²) in [5.74, 6) is -0.436. The van der Waals surface area contributed by atoms with E-state index in [4.69, 9.17) is 4.74 Å². The van der Waals surface area contributed by atoms with Gasteiger partial charge in [0.2, 0.25) is 0 Å². The number of anilines is 1. The number of rotatable bonds is 7. The lowest BCUT2D eigenvalue weighted by atomic mass is 10.1. The Morgan fingerprint density at radius 1 is 1.28 bits per heavy atom. The Balaban J connectivity index is 1.81. The fraction of sp³-hybridized carbons (Fsp3) is 0.316. The Kier molecular flexibility index (Phi) is 6.14. The van der Waals surface area contributed by atoms with Crippen LogP contribution in [0.4, 0.5) is 11.4 Å². The molecule has 1 aliphatic heterocycles. The first-order valence-corrected chi connectivity index (χ1v) is 10.5. The number of ether oxygens (including phenoxy) is 1. The molecule has 0 saturated carbocycles. The number of nitro groups is 1. The minimum absolute atomic E-state index is 0.0455. The highest BCUT2D eigenvalue weighted by atomic mass is 32.2. The van der Waals surface area contributed by atoms with Crippen LogP contribution in [0.25, 0.3) is 0 Å². The number of para-hydroxylation sites is 1. The first kappa shape index (κ1) is 20.7. The molecule has 2 N–H and O–H groups in total. The predicted octanol–water partition coefficient (Wildman–Crippen LogP) is 2.61. The average Bonchev–Trinajstić information content (AvgIpc) is 3.20. The Labute approximate surface area is 168 Å². The van der Waals surface area contributed by atoms with E-state index in [-0.39, 0.29) is 27.9 Å². The second-order valence-corrected chi connectivity index (χ2v) is 8.38. The lowest BCUT2D eigenvalue weighted by Gasteiger charge is -2.14. The zero-order chi connectivity index (χ0) is 21.0. The maximum atomic E-state index is 12.7. The first-order valence-electron chi connectivity index (χ1n) is 9.04. The van der Waals surface area contributed by atoms with E-state index in [2.05, 4.69) is 10.0 Å². The molecule has 1 fully saturated rings. The molecule has 29 heavy (non-hydrogen) atoms. The van der Waals surface area contributed by atoms with Gasteiger partial charge in [-0.15, -0.1) is 0 Å². The summed E-state index contributed by atoms with van der Waals surface area (Å²) < 4.78 is 33.3. The quantitative estimate of drug-likeness (QED) is 0.524. The number of aryl methyl sites for hydroxylation is 1. The first-order chi connectivity index (χ1) is 13.8. The van der Waals surface area contributed by atoms with Crippen LogP contribution in [0.15, 0.2) is 47.4 Å². The monoisotopic (exact) mass is 419 g/mol. The summed E-state index contributed by atoms with van der Waals surface area (Å²) in [5.41, 5.74) is 0.287. The Bertz CT molecular complexity index is 1030. The number of hydrogen-bond acceptors (Lipinski definition) is 6. The van der Waals surface area contributed by atoms with E-state index in [9.17, 15) is 23.3 Å². The van der Waals surface area contributed by atoms with Crippen molar-refractivity contribution in [2.45, 2.75) is 30.8 Å². The molecule has 2 aromatic rings. The molecule has 1 atom stereocenters. The molecule has 1 amide bonds. The number of benzene rings is 2. The van der Waals surface area contributed by atoms with Gasteiger partial charge in [0.1, 0.15) is 0 Å². The normalized spacial score (nSPS) is 16.4. The number of amides is 1. The summed E-state index contributed by atoms with van der Waals surface area (Å²) in [4.78, 5) is 22.8. The minimum atomic E-state index is -4.13. The van der Waals surface area contributed by atoms with Crippen LogP contribution in [0, 0.1) is 17.0 Å². The predicted molar refractivity (Wildman–Crippen MR) is 106 cm³/mol. The molecule has 0 unspecified atom stereocenters. The fourth-order valence-electron chi connectivity index (χ4n) is 3.03. The van der Waals surface area contributed by atoms with Crippen LogP contribution >= 0.6 is 0 Å². The van der Waals surface area contributed by atoms with Gasteiger partial charge < -0.3 is 10.1 Å². The van der Waals surface area contributed by atoms with Gasteiger partial charge in [0.05, 0.1) is 27.2 Å². The Morgan fingerprint density at radius 2 is 2.03 bits per heavy atom. The molecule has 1 heterocycles. The van der Waals surface area contributed by atoms with Crippen LogP contribution in [-0.4, -0.2) is 38.5 Å². The summed E-state index contributed by atoms with van der Waals surface area (Å²) in [5, 5.41) is 13.9. The molecule has 154 valence electrons. The topological polar surface area (TPSA) is 128 Å². The zero-order valence-electron chi connectivity index (χ0n) is 15.8. The van der Waals surface area contributed by atoms with Gasteiger partial charge in [-0.3, -0.25) is 19.6 Å². The van der Waals surface area contributed by atoms with Crippen molar-refractivity contribution in [1.29, 1.82) is 0 Å². The number of nitrogens with zero attached hydrogens (tertiary/aromatic N) is 1. The van der Waals surface area contributed by atoms with Crippen molar-refractivity contribution in [3.63, 3.8) is 0 Å². The van der Waals surface area contributed by atoms with Crippen molar-refractivity contribution in [3.8, 4) is 0 Å². The van der Waals surface area contributed by atoms with E-state index in [1.165, 1.54) is 31.2 Å². The maximum Gasteiger partial charge on any atom is 0.273 e. The van der Waals surface area contributed by atoms with E-state index in [1.807, 2.05) is 0 Å². The van der Waals surface area contributed by atoms with E-state index < -0.39 is 20.9 Å². The van der Waals surface area contributed by atoms with E-state index in [0.717, 1.165) is 18.9 Å². The van der Waals surface area contributed by atoms with Crippen LogP contribution in [0.1, 0.15) is 28.8 Å². The Morgan fingerprint density at radius 3 is 2.72 bits per heavy atom. The van der Waals surface area contributed by atoms with Gasteiger partial charge in [0.25, 0.3) is 21.6 Å². The van der Waals surface area contributed by atoms with E-state index >= 15 is 0 Å². The molecule has 0 radical (unpaired) electrons. The molecule has 0 bridgehead atoms.